The average molecular weight is 563 g/mol. The van der Waals surface area contributed by atoms with Gasteiger partial charge in [0, 0.05) is 30.6 Å². The standard InChI is InChI=1S/C33H42N2O6/c1-39-26-15-12-22(13-16-26)32-31(33(37)38)27(23-14-17-28-29(18-23)41-21-40-28)19-34(32)20-30(36)35(24-8-4-2-5-9-24)25-10-6-3-7-11-25/h12-18,24-25,27,31-32H,2-11,19-21H2,1H3,(H,37,38)/t27-,31+,32-/m1/s1. The number of nitrogens with zero attached hydrogens (tertiary/aromatic N) is 2. The van der Waals surface area contributed by atoms with Gasteiger partial charge in [0.25, 0.3) is 0 Å². The first-order valence-corrected chi connectivity index (χ1v) is 15.3. The van der Waals surface area contributed by atoms with Gasteiger partial charge in [0.2, 0.25) is 12.7 Å². The number of hydrogen-bond acceptors (Lipinski definition) is 6. The Labute approximate surface area is 242 Å². The second-order valence-electron chi connectivity index (χ2n) is 12.1. The minimum Gasteiger partial charge on any atom is -0.497 e. The van der Waals surface area contributed by atoms with Crippen molar-refractivity contribution in [2.24, 2.45) is 5.92 Å². The van der Waals surface area contributed by atoms with Crippen LogP contribution in [0, 0.1) is 5.92 Å². The first-order chi connectivity index (χ1) is 20.0. The fraction of sp³-hybridized carbons (Fsp3) is 0.576. The number of ether oxygens (including phenoxy) is 3. The molecule has 0 spiro atoms. The quantitative estimate of drug-likeness (QED) is 0.438. The number of rotatable bonds is 8. The third-order valence-electron chi connectivity index (χ3n) is 9.73. The van der Waals surface area contributed by atoms with Crippen LogP contribution in [-0.2, 0) is 9.59 Å². The van der Waals surface area contributed by atoms with Gasteiger partial charge in [-0.1, -0.05) is 56.7 Å². The SMILES string of the molecule is COc1ccc([C@@H]2[C@@H](C(=O)O)[C@@H](c3ccc4c(c3)OCO4)CN2CC(=O)N(C2CCCCC2)C2CCCCC2)cc1. The summed E-state index contributed by atoms with van der Waals surface area (Å²) in [5.74, 6) is 0.289. The van der Waals surface area contributed by atoms with Crippen molar-refractivity contribution in [3.63, 3.8) is 0 Å². The molecule has 2 aromatic carbocycles. The van der Waals surface area contributed by atoms with E-state index in [1.54, 1.807) is 7.11 Å². The van der Waals surface area contributed by atoms with Crippen molar-refractivity contribution in [2.45, 2.75) is 88.3 Å². The number of likely N-dealkylation sites (tertiary alicyclic amines) is 1. The zero-order valence-corrected chi connectivity index (χ0v) is 24.0. The van der Waals surface area contributed by atoms with Gasteiger partial charge in [0.15, 0.2) is 11.5 Å². The van der Waals surface area contributed by atoms with Crippen LogP contribution in [0.25, 0.3) is 0 Å². The molecular weight excluding hydrogens is 520 g/mol. The number of carboxylic acids is 1. The third-order valence-corrected chi connectivity index (χ3v) is 9.73. The van der Waals surface area contributed by atoms with Gasteiger partial charge in [0.05, 0.1) is 19.6 Å². The minimum atomic E-state index is -0.861. The number of benzene rings is 2. The summed E-state index contributed by atoms with van der Waals surface area (Å²) in [4.78, 5) is 31.7. The van der Waals surface area contributed by atoms with Crippen molar-refractivity contribution in [3.8, 4) is 17.2 Å². The highest BCUT2D eigenvalue weighted by atomic mass is 16.7. The summed E-state index contributed by atoms with van der Waals surface area (Å²) in [5, 5.41) is 10.6. The lowest BCUT2D eigenvalue weighted by Gasteiger charge is -2.43. The summed E-state index contributed by atoms with van der Waals surface area (Å²) in [7, 11) is 1.62. The van der Waals surface area contributed by atoms with Crippen LogP contribution in [0.2, 0.25) is 0 Å². The summed E-state index contributed by atoms with van der Waals surface area (Å²) in [6.07, 6.45) is 11.5. The van der Waals surface area contributed by atoms with Crippen LogP contribution in [-0.4, -0.2) is 65.9 Å². The van der Waals surface area contributed by atoms with Crippen molar-refractivity contribution < 1.29 is 28.9 Å². The lowest BCUT2D eigenvalue weighted by Crippen LogP contribution is -2.52. The van der Waals surface area contributed by atoms with E-state index in [2.05, 4.69) is 9.80 Å². The van der Waals surface area contributed by atoms with Gasteiger partial charge in [-0.2, -0.15) is 0 Å². The molecule has 2 aromatic rings. The summed E-state index contributed by atoms with van der Waals surface area (Å²) < 4.78 is 16.5. The average Bonchev–Trinajstić information content (AvgIpc) is 3.63. The molecule has 8 heteroatoms. The van der Waals surface area contributed by atoms with E-state index in [1.165, 1.54) is 38.5 Å². The fourth-order valence-electron chi connectivity index (χ4n) is 7.75. The molecule has 220 valence electrons. The maximum atomic E-state index is 14.3. The van der Waals surface area contributed by atoms with E-state index in [0.717, 1.165) is 36.8 Å². The van der Waals surface area contributed by atoms with Crippen molar-refractivity contribution in [3.05, 3.63) is 53.6 Å². The first-order valence-electron chi connectivity index (χ1n) is 15.3. The Hall–Kier alpha value is -3.26. The number of hydrogen-bond donors (Lipinski definition) is 1. The summed E-state index contributed by atoms with van der Waals surface area (Å²) >= 11 is 0. The number of carbonyl (C=O) groups excluding carboxylic acids is 1. The number of aliphatic carboxylic acids is 1. The molecule has 2 aliphatic carbocycles. The summed E-state index contributed by atoms with van der Waals surface area (Å²) in [6.45, 7) is 0.857. The minimum absolute atomic E-state index is 0.151. The fourth-order valence-corrected chi connectivity index (χ4v) is 7.75. The van der Waals surface area contributed by atoms with Crippen LogP contribution < -0.4 is 14.2 Å². The van der Waals surface area contributed by atoms with E-state index >= 15 is 0 Å². The van der Waals surface area contributed by atoms with E-state index in [0.29, 0.717) is 35.9 Å². The number of methoxy groups -OCH3 is 1. The van der Waals surface area contributed by atoms with Crippen molar-refractivity contribution in [2.75, 3.05) is 27.0 Å². The van der Waals surface area contributed by atoms with Crippen molar-refractivity contribution in [1.29, 1.82) is 0 Å². The molecule has 3 atom stereocenters. The summed E-state index contributed by atoms with van der Waals surface area (Å²) in [5.41, 5.74) is 1.78. The molecule has 6 rings (SSSR count). The van der Waals surface area contributed by atoms with Gasteiger partial charge in [-0.05, 0) is 61.1 Å². The molecule has 0 bridgehead atoms. The Bertz CT molecular complexity index is 1200. The van der Waals surface area contributed by atoms with Gasteiger partial charge in [-0.3, -0.25) is 14.5 Å². The molecule has 1 amide bonds. The lowest BCUT2D eigenvalue weighted by molar-refractivity contribution is -0.145. The van der Waals surface area contributed by atoms with Crippen molar-refractivity contribution >= 4 is 11.9 Å². The molecule has 2 saturated carbocycles. The highest BCUT2D eigenvalue weighted by Gasteiger charge is 2.49. The van der Waals surface area contributed by atoms with Gasteiger partial charge >= 0.3 is 5.97 Å². The van der Waals surface area contributed by atoms with E-state index in [-0.39, 0.29) is 25.2 Å². The maximum absolute atomic E-state index is 14.3. The van der Waals surface area contributed by atoms with E-state index < -0.39 is 17.9 Å². The molecular formula is C33H42N2O6. The number of carboxylic acid groups (broad SMARTS) is 1. The molecule has 1 saturated heterocycles. The predicted molar refractivity (Wildman–Crippen MR) is 154 cm³/mol. The topological polar surface area (TPSA) is 88.5 Å². The largest absolute Gasteiger partial charge is 0.497 e. The second kappa shape index (κ2) is 12.3. The second-order valence-corrected chi connectivity index (χ2v) is 12.1. The highest BCUT2D eigenvalue weighted by Crippen LogP contribution is 2.48. The zero-order chi connectivity index (χ0) is 28.3. The van der Waals surface area contributed by atoms with E-state index in [4.69, 9.17) is 14.2 Å². The number of amides is 1. The number of carbonyl (C=O) groups is 2. The zero-order valence-electron chi connectivity index (χ0n) is 24.0. The van der Waals surface area contributed by atoms with E-state index in [1.807, 2.05) is 42.5 Å². The van der Waals surface area contributed by atoms with Gasteiger partial charge < -0.3 is 24.2 Å². The Morgan fingerprint density at radius 2 is 1.49 bits per heavy atom. The molecule has 0 aromatic heterocycles. The maximum Gasteiger partial charge on any atom is 0.309 e. The Morgan fingerprint density at radius 1 is 0.878 bits per heavy atom. The van der Waals surface area contributed by atoms with Crippen LogP contribution >= 0.6 is 0 Å². The van der Waals surface area contributed by atoms with Crippen LogP contribution in [0.3, 0.4) is 0 Å². The molecule has 0 radical (unpaired) electrons. The first kappa shape index (κ1) is 27.9. The Kier molecular flexibility index (Phi) is 8.37. The molecule has 1 N–H and O–H groups in total. The van der Waals surface area contributed by atoms with Gasteiger partial charge in [-0.25, -0.2) is 0 Å². The molecule has 41 heavy (non-hydrogen) atoms. The lowest BCUT2D eigenvalue weighted by atomic mass is 9.82. The molecule has 2 aliphatic heterocycles. The van der Waals surface area contributed by atoms with Gasteiger partial charge in [-0.15, -0.1) is 0 Å². The van der Waals surface area contributed by atoms with Crippen LogP contribution in [0.15, 0.2) is 42.5 Å². The smallest absolute Gasteiger partial charge is 0.309 e. The third kappa shape index (κ3) is 5.76. The monoisotopic (exact) mass is 562 g/mol. The Morgan fingerprint density at radius 3 is 2.10 bits per heavy atom. The van der Waals surface area contributed by atoms with Crippen LogP contribution in [0.1, 0.15) is 87.3 Å². The Balaban J connectivity index is 1.33. The summed E-state index contributed by atoms with van der Waals surface area (Å²) in [6, 6.07) is 13.5. The molecule has 8 nitrogen and oxygen atoms in total. The molecule has 0 unspecified atom stereocenters. The van der Waals surface area contributed by atoms with Crippen LogP contribution in [0.4, 0.5) is 0 Å². The highest BCUT2D eigenvalue weighted by molar-refractivity contribution is 5.80. The molecule has 2 heterocycles. The molecule has 4 aliphatic rings. The number of fused-ring (bicyclic) bond motifs is 1. The van der Waals surface area contributed by atoms with Crippen LogP contribution in [0.5, 0.6) is 17.2 Å². The predicted octanol–water partition coefficient (Wildman–Crippen LogP) is 5.76. The molecule has 3 fully saturated rings. The normalized spacial score (nSPS) is 25.2. The van der Waals surface area contributed by atoms with Gasteiger partial charge in [0.1, 0.15) is 5.75 Å². The van der Waals surface area contributed by atoms with E-state index in [9.17, 15) is 14.7 Å². The van der Waals surface area contributed by atoms with Crippen molar-refractivity contribution in [1.82, 2.24) is 9.80 Å².